The molecule has 3 aliphatic rings. The summed E-state index contributed by atoms with van der Waals surface area (Å²) < 4.78 is 0. The molecule has 160 valence electrons. The van der Waals surface area contributed by atoms with Crippen LogP contribution in [0.4, 0.5) is 0 Å². The van der Waals surface area contributed by atoms with E-state index in [-0.39, 0.29) is 17.5 Å². The van der Waals surface area contributed by atoms with Crippen LogP contribution in [0.15, 0.2) is 22.3 Å². The predicted octanol–water partition coefficient (Wildman–Crippen LogP) is 3.75. The highest BCUT2D eigenvalue weighted by Crippen LogP contribution is 2.32. The molecule has 0 aromatic carbocycles. The van der Waals surface area contributed by atoms with Crippen LogP contribution in [0.5, 0.6) is 0 Å². The molecule has 5 rings (SSSR count). The van der Waals surface area contributed by atoms with Crippen LogP contribution in [0.25, 0.3) is 0 Å². The number of carbonyl (C=O) groups excluding carboxylic acids is 1. The molecule has 2 aromatic rings. The van der Waals surface area contributed by atoms with E-state index in [0.717, 1.165) is 60.9 Å². The Morgan fingerprint density at radius 1 is 1.17 bits per heavy atom. The molecule has 6 nitrogen and oxygen atoms in total. The summed E-state index contributed by atoms with van der Waals surface area (Å²) in [6, 6.07) is 3.64. The van der Waals surface area contributed by atoms with Gasteiger partial charge in [0.1, 0.15) is 5.82 Å². The summed E-state index contributed by atoms with van der Waals surface area (Å²) in [6.45, 7) is 3.50. The lowest BCUT2D eigenvalue weighted by Crippen LogP contribution is -2.40. The first kappa shape index (κ1) is 19.9. The van der Waals surface area contributed by atoms with Gasteiger partial charge in [-0.05, 0) is 43.0 Å². The fraction of sp³-hybridized carbons (Fsp3) is 0.609. The topological polar surface area (TPSA) is 69.3 Å². The Morgan fingerprint density at radius 2 is 2.03 bits per heavy atom. The number of rotatable bonds is 4. The van der Waals surface area contributed by atoms with E-state index in [0.29, 0.717) is 12.4 Å². The molecular weight excluding hydrogens is 396 g/mol. The Hall–Kier alpha value is -1.99. The molecule has 1 amide bonds. The van der Waals surface area contributed by atoms with Crippen molar-refractivity contribution in [2.24, 2.45) is 5.92 Å². The van der Waals surface area contributed by atoms with Gasteiger partial charge in [0.25, 0.3) is 11.5 Å². The maximum Gasteiger partial charge on any atom is 0.264 e. The molecule has 0 bridgehead atoms. The first-order valence-corrected chi connectivity index (χ1v) is 12.3. The van der Waals surface area contributed by atoms with Crippen LogP contribution in [-0.2, 0) is 13.0 Å². The zero-order chi connectivity index (χ0) is 20.5. The van der Waals surface area contributed by atoms with Crippen molar-refractivity contribution in [3.8, 4) is 0 Å². The minimum atomic E-state index is -0.127. The van der Waals surface area contributed by atoms with E-state index in [4.69, 9.17) is 4.98 Å². The third kappa shape index (κ3) is 3.97. The van der Waals surface area contributed by atoms with Gasteiger partial charge in [-0.2, -0.15) is 0 Å². The van der Waals surface area contributed by atoms with Crippen LogP contribution < -0.4 is 5.56 Å². The lowest BCUT2D eigenvalue weighted by atomic mass is 9.88. The summed E-state index contributed by atoms with van der Waals surface area (Å²) in [5.74, 6) is 1.50. The molecule has 0 radical (unpaired) electrons. The van der Waals surface area contributed by atoms with Crippen molar-refractivity contribution >= 4 is 17.2 Å². The maximum atomic E-state index is 13.0. The van der Waals surface area contributed by atoms with E-state index in [1.54, 1.807) is 0 Å². The number of aromatic amines is 1. The highest BCUT2D eigenvalue weighted by Gasteiger charge is 2.34. The lowest BCUT2D eigenvalue weighted by Gasteiger charge is -2.33. The minimum Gasteiger partial charge on any atom is -0.328 e. The maximum absolute atomic E-state index is 13.0. The first-order chi connectivity index (χ1) is 14.7. The summed E-state index contributed by atoms with van der Waals surface area (Å²) in [6.07, 6.45) is 9.35. The van der Waals surface area contributed by atoms with Crippen LogP contribution in [-0.4, -0.2) is 45.3 Å². The van der Waals surface area contributed by atoms with E-state index in [1.165, 1.54) is 43.4 Å². The van der Waals surface area contributed by atoms with E-state index in [1.807, 2.05) is 22.4 Å². The van der Waals surface area contributed by atoms with E-state index >= 15 is 0 Å². The normalized spacial score (nSPS) is 22.9. The Labute approximate surface area is 181 Å². The third-order valence-electron chi connectivity index (χ3n) is 6.97. The summed E-state index contributed by atoms with van der Waals surface area (Å²) in [5, 5.41) is 1.93. The van der Waals surface area contributed by atoms with Gasteiger partial charge >= 0.3 is 0 Å². The number of aromatic nitrogens is 2. The number of hydrogen-bond acceptors (Lipinski definition) is 5. The van der Waals surface area contributed by atoms with Gasteiger partial charge < -0.3 is 9.88 Å². The Morgan fingerprint density at radius 3 is 2.83 bits per heavy atom. The number of H-pyrrole nitrogens is 1. The van der Waals surface area contributed by atoms with Crippen molar-refractivity contribution in [3.05, 3.63) is 49.8 Å². The summed E-state index contributed by atoms with van der Waals surface area (Å²) >= 11 is 1.47. The van der Waals surface area contributed by atoms with E-state index in [9.17, 15) is 9.59 Å². The number of hydrogen-bond donors (Lipinski definition) is 1. The van der Waals surface area contributed by atoms with Gasteiger partial charge in [-0.3, -0.25) is 14.5 Å². The van der Waals surface area contributed by atoms with Crippen LogP contribution >= 0.6 is 11.3 Å². The van der Waals surface area contributed by atoms with Crippen LogP contribution in [0, 0.1) is 5.92 Å². The van der Waals surface area contributed by atoms with Crippen LogP contribution in [0.1, 0.15) is 77.7 Å². The van der Waals surface area contributed by atoms with Gasteiger partial charge in [-0.15, -0.1) is 11.3 Å². The van der Waals surface area contributed by atoms with E-state index < -0.39 is 0 Å². The van der Waals surface area contributed by atoms with Gasteiger partial charge in [-0.1, -0.05) is 25.3 Å². The smallest absolute Gasteiger partial charge is 0.264 e. The predicted molar refractivity (Wildman–Crippen MR) is 118 cm³/mol. The second kappa shape index (κ2) is 8.63. The van der Waals surface area contributed by atoms with Crippen molar-refractivity contribution < 1.29 is 4.79 Å². The van der Waals surface area contributed by atoms with Crippen molar-refractivity contribution in [2.75, 3.05) is 19.6 Å². The molecule has 2 fully saturated rings. The SMILES string of the molecule is O=C(c1cccs1)N1CCC[C@@H]1c1nc2c(c(=O)[nH]1)CN(CC1CCCCC1)CC2. The second-order valence-corrected chi connectivity index (χ2v) is 9.95. The van der Waals surface area contributed by atoms with Gasteiger partial charge in [0.2, 0.25) is 0 Å². The van der Waals surface area contributed by atoms with Gasteiger partial charge in [0, 0.05) is 32.6 Å². The summed E-state index contributed by atoms with van der Waals surface area (Å²) in [7, 11) is 0. The van der Waals surface area contributed by atoms with Crippen LogP contribution in [0.3, 0.4) is 0 Å². The van der Waals surface area contributed by atoms with Gasteiger partial charge in [-0.25, -0.2) is 4.98 Å². The number of carbonyl (C=O) groups is 1. The minimum absolute atomic E-state index is 0.0150. The summed E-state index contributed by atoms with van der Waals surface area (Å²) in [4.78, 5) is 38.9. The van der Waals surface area contributed by atoms with Crippen LogP contribution in [0.2, 0.25) is 0 Å². The molecule has 1 saturated carbocycles. The molecule has 2 aromatic heterocycles. The molecule has 0 unspecified atom stereocenters. The summed E-state index contributed by atoms with van der Waals surface area (Å²) in [5.41, 5.74) is 1.75. The Kier molecular flexibility index (Phi) is 5.74. The third-order valence-corrected chi connectivity index (χ3v) is 7.83. The monoisotopic (exact) mass is 426 g/mol. The molecular formula is C23H30N4O2S. The van der Waals surface area contributed by atoms with Crippen molar-refractivity contribution in [3.63, 3.8) is 0 Å². The fourth-order valence-electron chi connectivity index (χ4n) is 5.38. The van der Waals surface area contributed by atoms with Gasteiger partial charge in [0.15, 0.2) is 0 Å². The van der Waals surface area contributed by atoms with Crippen molar-refractivity contribution in [1.29, 1.82) is 0 Å². The highest BCUT2D eigenvalue weighted by molar-refractivity contribution is 7.12. The average molecular weight is 427 g/mol. The average Bonchev–Trinajstić information content (AvgIpc) is 3.47. The molecule has 1 N–H and O–H groups in total. The number of nitrogens with zero attached hydrogens (tertiary/aromatic N) is 3. The number of amides is 1. The largest absolute Gasteiger partial charge is 0.328 e. The Bertz CT molecular complexity index is 949. The first-order valence-electron chi connectivity index (χ1n) is 11.4. The number of thiophene rings is 1. The fourth-order valence-corrected chi connectivity index (χ4v) is 6.06. The van der Waals surface area contributed by atoms with Gasteiger partial charge in [0.05, 0.1) is 22.2 Å². The molecule has 30 heavy (non-hydrogen) atoms. The standard InChI is InChI=1S/C23H30N4O2S/c28-22-17-15-26(14-16-6-2-1-3-7-16)12-10-18(17)24-21(25-22)19-8-4-11-27(19)23(29)20-9-5-13-30-20/h5,9,13,16,19H,1-4,6-8,10-12,14-15H2,(H,24,25,28)/t19-/m1/s1. The molecule has 7 heteroatoms. The molecule has 1 aliphatic carbocycles. The molecule has 0 spiro atoms. The molecule has 4 heterocycles. The Balaban J connectivity index is 1.33. The number of nitrogens with one attached hydrogen (secondary N) is 1. The molecule has 2 aliphatic heterocycles. The number of fused-ring (bicyclic) bond motifs is 1. The van der Waals surface area contributed by atoms with Crippen molar-refractivity contribution in [2.45, 2.75) is 64.0 Å². The second-order valence-electron chi connectivity index (χ2n) is 9.00. The lowest BCUT2D eigenvalue weighted by molar-refractivity contribution is 0.0734. The quantitative estimate of drug-likeness (QED) is 0.808. The molecule has 1 atom stereocenters. The zero-order valence-corrected chi connectivity index (χ0v) is 18.3. The highest BCUT2D eigenvalue weighted by atomic mass is 32.1. The zero-order valence-electron chi connectivity index (χ0n) is 17.4. The molecule has 1 saturated heterocycles. The number of likely N-dealkylation sites (tertiary alicyclic amines) is 1. The van der Waals surface area contributed by atoms with E-state index in [2.05, 4.69) is 9.88 Å². The van der Waals surface area contributed by atoms with Crippen molar-refractivity contribution in [1.82, 2.24) is 19.8 Å².